The summed E-state index contributed by atoms with van der Waals surface area (Å²) in [4.78, 5) is 15.3. The van der Waals surface area contributed by atoms with Crippen LogP contribution in [0.15, 0.2) is 18.2 Å². The molecule has 1 amide bonds. The number of piperidine rings is 1. The number of carbonyl (C=O) groups is 1. The molecule has 2 heterocycles. The molecule has 0 unspecified atom stereocenters. The van der Waals surface area contributed by atoms with Crippen molar-refractivity contribution in [3.05, 3.63) is 29.3 Å². The lowest BCUT2D eigenvalue weighted by Gasteiger charge is -2.35. The Morgan fingerprint density at radius 1 is 1.07 bits per heavy atom. The van der Waals surface area contributed by atoms with Crippen LogP contribution in [0.5, 0.6) is 0 Å². The lowest BCUT2D eigenvalue weighted by atomic mass is 10.0. The molecule has 1 aromatic rings. The van der Waals surface area contributed by atoms with Crippen molar-refractivity contribution in [1.82, 2.24) is 9.62 Å². The predicted octanol–water partition coefficient (Wildman–Crippen LogP) is 2.92. The van der Waals surface area contributed by atoms with E-state index < -0.39 is 14.8 Å². The minimum Gasteiger partial charge on any atom is -0.371 e. The van der Waals surface area contributed by atoms with Crippen molar-refractivity contribution in [3.8, 4) is 0 Å². The topological polar surface area (TPSA) is 69.7 Å². The maximum atomic E-state index is 13.0. The Morgan fingerprint density at radius 3 is 2.25 bits per heavy atom. The van der Waals surface area contributed by atoms with E-state index in [4.69, 9.17) is 0 Å². The van der Waals surface area contributed by atoms with E-state index in [0.29, 0.717) is 25.9 Å². The molecule has 0 atom stereocenters. The standard InChI is InChI=1S/C21H33N3O3S/c1-16-7-8-19(23-11-5-6-12-23)18(15-16)20(25)22-17-9-13-24(14-10-17)28(26,27)21(2,3)4/h7-8,15,17H,5-6,9-14H2,1-4H3,(H,22,25). The molecule has 0 aromatic heterocycles. The van der Waals surface area contributed by atoms with Crippen molar-refractivity contribution in [2.45, 2.75) is 64.2 Å². The molecule has 2 saturated heterocycles. The minimum absolute atomic E-state index is 0.00542. The number of nitrogens with zero attached hydrogens (tertiary/aromatic N) is 2. The average Bonchev–Trinajstić information content (AvgIpc) is 3.15. The van der Waals surface area contributed by atoms with Crippen LogP contribution in [0.25, 0.3) is 0 Å². The Bertz CT molecular complexity index is 816. The number of hydrogen-bond donors (Lipinski definition) is 1. The fraction of sp³-hybridized carbons (Fsp3) is 0.667. The van der Waals surface area contributed by atoms with E-state index in [2.05, 4.69) is 16.3 Å². The van der Waals surface area contributed by atoms with Crippen LogP contribution in [0.1, 0.15) is 62.4 Å². The molecular formula is C21H33N3O3S. The van der Waals surface area contributed by atoms with Crippen LogP contribution in [-0.2, 0) is 10.0 Å². The summed E-state index contributed by atoms with van der Waals surface area (Å²) in [5.74, 6) is -0.0530. The highest BCUT2D eigenvalue weighted by Gasteiger charge is 2.37. The van der Waals surface area contributed by atoms with Crippen molar-refractivity contribution in [3.63, 3.8) is 0 Å². The number of nitrogens with one attached hydrogen (secondary N) is 1. The SMILES string of the molecule is Cc1ccc(N2CCCC2)c(C(=O)NC2CCN(S(=O)(=O)C(C)(C)C)CC2)c1. The zero-order valence-corrected chi connectivity index (χ0v) is 18.3. The third kappa shape index (κ3) is 4.35. The summed E-state index contributed by atoms with van der Waals surface area (Å²) in [7, 11) is -3.31. The molecule has 1 N–H and O–H groups in total. The predicted molar refractivity (Wildman–Crippen MR) is 113 cm³/mol. The molecule has 0 radical (unpaired) electrons. The van der Waals surface area contributed by atoms with Gasteiger partial charge in [0.1, 0.15) is 0 Å². The number of benzene rings is 1. The van der Waals surface area contributed by atoms with Gasteiger partial charge in [-0.2, -0.15) is 0 Å². The van der Waals surface area contributed by atoms with Crippen LogP contribution >= 0.6 is 0 Å². The second-order valence-electron chi connectivity index (χ2n) is 8.98. The van der Waals surface area contributed by atoms with Gasteiger partial charge in [-0.25, -0.2) is 12.7 Å². The van der Waals surface area contributed by atoms with E-state index in [1.165, 1.54) is 0 Å². The number of anilines is 1. The highest BCUT2D eigenvalue weighted by atomic mass is 32.2. The van der Waals surface area contributed by atoms with E-state index >= 15 is 0 Å². The molecule has 0 aliphatic carbocycles. The summed E-state index contributed by atoms with van der Waals surface area (Å²) >= 11 is 0. The van der Waals surface area contributed by atoms with Crippen LogP contribution < -0.4 is 10.2 Å². The summed E-state index contributed by atoms with van der Waals surface area (Å²) < 4.78 is 26.0. The Hall–Kier alpha value is -1.60. The van der Waals surface area contributed by atoms with Crippen LogP contribution in [0, 0.1) is 6.92 Å². The van der Waals surface area contributed by atoms with Gasteiger partial charge in [-0.3, -0.25) is 4.79 Å². The number of carbonyl (C=O) groups excluding carboxylic acids is 1. The zero-order valence-electron chi connectivity index (χ0n) is 17.5. The molecule has 7 heteroatoms. The van der Waals surface area contributed by atoms with Gasteiger partial charge in [0.25, 0.3) is 5.91 Å². The highest BCUT2D eigenvalue weighted by Crippen LogP contribution is 2.27. The molecule has 6 nitrogen and oxygen atoms in total. The lowest BCUT2D eigenvalue weighted by molar-refractivity contribution is 0.0924. The molecular weight excluding hydrogens is 374 g/mol. The summed E-state index contributed by atoms with van der Waals surface area (Å²) in [6, 6.07) is 6.07. The summed E-state index contributed by atoms with van der Waals surface area (Å²) in [5.41, 5.74) is 2.80. The van der Waals surface area contributed by atoms with E-state index in [9.17, 15) is 13.2 Å². The Morgan fingerprint density at radius 2 is 1.68 bits per heavy atom. The Labute approximate surface area is 169 Å². The van der Waals surface area contributed by atoms with Gasteiger partial charge in [-0.1, -0.05) is 11.6 Å². The molecule has 0 spiro atoms. The molecule has 2 aliphatic rings. The lowest BCUT2D eigenvalue weighted by Crippen LogP contribution is -2.50. The second-order valence-corrected chi connectivity index (χ2v) is 11.7. The van der Waals surface area contributed by atoms with Gasteiger partial charge in [0.05, 0.1) is 10.3 Å². The maximum Gasteiger partial charge on any atom is 0.253 e. The van der Waals surface area contributed by atoms with Crippen LogP contribution in [-0.4, -0.2) is 55.6 Å². The normalized spacial score (nSPS) is 19.8. The van der Waals surface area contributed by atoms with Crippen LogP contribution in [0.3, 0.4) is 0 Å². The van der Waals surface area contributed by atoms with Crippen molar-refractivity contribution in [1.29, 1.82) is 0 Å². The highest BCUT2D eigenvalue weighted by molar-refractivity contribution is 7.90. The summed E-state index contributed by atoms with van der Waals surface area (Å²) in [6.07, 6.45) is 3.61. The number of amides is 1. The van der Waals surface area contributed by atoms with Gasteiger partial charge in [0, 0.05) is 37.9 Å². The maximum absolute atomic E-state index is 13.0. The average molecular weight is 408 g/mol. The number of hydrogen-bond acceptors (Lipinski definition) is 4. The molecule has 2 aliphatic heterocycles. The number of rotatable bonds is 4. The molecule has 0 saturated carbocycles. The summed E-state index contributed by atoms with van der Waals surface area (Å²) in [5, 5.41) is 3.15. The van der Waals surface area contributed by atoms with Gasteiger partial charge in [-0.05, 0) is 65.5 Å². The monoisotopic (exact) mass is 407 g/mol. The third-order valence-electron chi connectivity index (χ3n) is 5.75. The van der Waals surface area contributed by atoms with Gasteiger partial charge in [0.15, 0.2) is 0 Å². The van der Waals surface area contributed by atoms with Crippen molar-refractivity contribution in [2.75, 3.05) is 31.1 Å². The van der Waals surface area contributed by atoms with Gasteiger partial charge in [-0.15, -0.1) is 0 Å². The van der Waals surface area contributed by atoms with Crippen molar-refractivity contribution >= 4 is 21.6 Å². The quantitative estimate of drug-likeness (QED) is 0.833. The van der Waals surface area contributed by atoms with E-state index in [0.717, 1.165) is 42.7 Å². The van der Waals surface area contributed by atoms with Crippen molar-refractivity contribution < 1.29 is 13.2 Å². The number of aryl methyl sites for hydroxylation is 1. The fourth-order valence-corrected chi connectivity index (χ4v) is 5.42. The zero-order chi connectivity index (χ0) is 20.5. The molecule has 156 valence electrons. The first kappa shape index (κ1) is 21.1. The smallest absolute Gasteiger partial charge is 0.253 e. The number of sulfonamides is 1. The van der Waals surface area contributed by atoms with E-state index in [-0.39, 0.29) is 11.9 Å². The Kier molecular flexibility index (Phi) is 6.05. The Balaban J connectivity index is 1.66. The minimum atomic E-state index is -3.31. The largest absolute Gasteiger partial charge is 0.371 e. The second kappa shape index (κ2) is 8.03. The van der Waals surface area contributed by atoms with Gasteiger partial charge in [0.2, 0.25) is 10.0 Å². The first-order valence-electron chi connectivity index (χ1n) is 10.3. The molecule has 2 fully saturated rings. The fourth-order valence-electron chi connectivity index (χ4n) is 3.96. The van der Waals surface area contributed by atoms with E-state index in [1.54, 1.807) is 25.1 Å². The van der Waals surface area contributed by atoms with Crippen molar-refractivity contribution in [2.24, 2.45) is 0 Å². The first-order valence-corrected chi connectivity index (χ1v) is 11.7. The van der Waals surface area contributed by atoms with Gasteiger partial charge >= 0.3 is 0 Å². The summed E-state index contributed by atoms with van der Waals surface area (Å²) in [6.45, 7) is 10.1. The molecule has 3 rings (SSSR count). The molecule has 0 bridgehead atoms. The first-order chi connectivity index (χ1) is 13.1. The van der Waals surface area contributed by atoms with Crippen LogP contribution in [0.4, 0.5) is 5.69 Å². The third-order valence-corrected chi connectivity index (χ3v) is 8.34. The van der Waals surface area contributed by atoms with Crippen LogP contribution in [0.2, 0.25) is 0 Å². The molecule has 28 heavy (non-hydrogen) atoms. The molecule has 1 aromatic carbocycles. The van der Waals surface area contributed by atoms with E-state index in [1.807, 2.05) is 19.1 Å². The van der Waals surface area contributed by atoms with Gasteiger partial charge < -0.3 is 10.2 Å².